The SMILES string of the molecule is [C-]#[N+]C(C#N)(CCC(F)(F)F)Cc1cc(C(C)(C)OCC#C)on1. The molecule has 0 aliphatic carbocycles. The maximum Gasteiger partial charge on any atom is 0.389 e. The molecule has 1 aromatic heterocycles. The first kappa shape index (κ1) is 19.5. The van der Waals surface area contributed by atoms with Crippen LogP contribution in [0.1, 0.15) is 38.1 Å². The monoisotopic (exact) mass is 339 g/mol. The number of nitrogens with zero attached hydrogens (tertiary/aromatic N) is 3. The highest BCUT2D eigenvalue weighted by atomic mass is 19.4. The van der Waals surface area contributed by atoms with Gasteiger partial charge in [0, 0.05) is 12.5 Å². The van der Waals surface area contributed by atoms with Gasteiger partial charge in [0.1, 0.15) is 12.2 Å². The lowest BCUT2D eigenvalue weighted by Gasteiger charge is -2.20. The standard InChI is InChI=1S/C16H16F3N3O2/c1-5-8-23-14(2,3)13-9-12(22-24-13)10-15(11-20,21-4)6-7-16(17,18)19/h1,9H,6-8,10H2,2-3H3. The smallest absolute Gasteiger partial charge is 0.358 e. The first-order chi connectivity index (χ1) is 11.1. The molecule has 0 saturated carbocycles. The van der Waals surface area contributed by atoms with Gasteiger partial charge in [-0.2, -0.15) is 18.4 Å². The highest BCUT2D eigenvalue weighted by molar-refractivity contribution is 5.23. The van der Waals surface area contributed by atoms with Crippen LogP contribution in [0, 0.1) is 30.2 Å². The summed E-state index contributed by atoms with van der Waals surface area (Å²) in [5.74, 6) is 2.62. The van der Waals surface area contributed by atoms with Crippen molar-refractivity contribution in [2.45, 2.75) is 50.4 Å². The van der Waals surface area contributed by atoms with Crippen LogP contribution in [0.25, 0.3) is 4.85 Å². The van der Waals surface area contributed by atoms with Crippen LogP contribution in [0.2, 0.25) is 0 Å². The van der Waals surface area contributed by atoms with Gasteiger partial charge in [-0.1, -0.05) is 11.1 Å². The van der Waals surface area contributed by atoms with Crippen LogP contribution in [0.4, 0.5) is 13.2 Å². The minimum atomic E-state index is -4.44. The van der Waals surface area contributed by atoms with Crippen molar-refractivity contribution in [3.8, 4) is 18.4 Å². The molecule has 24 heavy (non-hydrogen) atoms. The molecule has 8 heteroatoms. The third-order valence-electron chi connectivity index (χ3n) is 3.39. The molecule has 1 aromatic rings. The molecule has 0 spiro atoms. The number of hydrogen-bond donors (Lipinski definition) is 0. The summed E-state index contributed by atoms with van der Waals surface area (Å²) in [6.45, 7) is 10.5. The topological polar surface area (TPSA) is 63.4 Å². The zero-order valence-corrected chi connectivity index (χ0v) is 13.3. The van der Waals surface area contributed by atoms with Gasteiger partial charge in [0.15, 0.2) is 11.8 Å². The summed E-state index contributed by atoms with van der Waals surface area (Å²) < 4.78 is 47.7. The van der Waals surface area contributed by atoms with Gasteiger partial charge in [0.2, 0.25) is 0 Å². The Morgan fingerprint density at radius 2 is 2.08 bits per heavy atom. The van der Waals surface area contributed by atoms with Crippen molar-refractivity contribution in [1.82, 2.24) is 5.16 Å². The van der Waals surface area contributed by atoms with E-state index in [2.05, 4.69) is 15.9 Å². The van der Waals surface area contributed by atoms with E-state index in [4.69, 9.17) is 22.3 Å². The molecule has 0 N–H and O–H groups in total. The number of hydrogen-bond acceptors (Lipinski definition) is 4. The molecule has 0 fully saturated rings. The summed E-state index contributed by atoms with van der Waals surface area (Å²) in [6.07, 6.45) is -1.43. The van der Waals surface area contributed by atoms with E-state index in [-0.39, 0.29) is 18.7 Å². The van der Waals surface area contributed by atoms with Gasteiger partial charge in [-0.15, -0.1) is 6.42 Å². The predicted molar refractivity (Wildman–Crippen MR) is 78.3 cm³/mol. The van der Waals surface area contributed by atoms with E-state index in [0.29, 0.717) is 5.76 Å². The number of aromatic nitrogens is 1. The first-order valence-corrected chi connectivity index (χ1v) is 6.97. The molecule has 1 heterocycles. The molecule has 1 unspecified atom stereocenters. The molecule has 0 radical (unpaired) electrons. The van der Waals surface area contributed by atoms with Crippen molar-refractivity contribution in [3.63, 3.8) is 0 Å². The van der Waals surface area contributed by atoms with Crippen LogP contribution in [-0.2, 0) is 16.8 Å². The Balaban J connectivity index is 2.93. The highest BCUT2D eigenvalue weighted by Gasteiger charge is 2.43. The molecular formula is C16H16F3N3O2. The lowest BCUT2D eigenvalue weighted by molar-refractivity contribution is -0.136. The quantitative estimate of drug-likeness (QED) is 0.562. The van der Waals surface area contributed by atoms with E-state index >= 15 is 0 Å². The molecule has 0 saturated heterocycles. The number of rotatable bonds is 7. The summed E-state index contributed by atoms with van der Waals surface area (Å²) in [5, 5.41) is 12.9. The van der Waals surface area contributed by atoms with Gasteiger partial charge in [-0.3, -0.25) is 4.85 Å². The molecule has 1 rings (SSSR count). The van der Waals surface area contributed by atoms with Crippen molar-refractivity contribution in [2.75, 3.05) is 6.61 Å². The van der Waals surface area contributed by atoms with E-state index < -0.39 is 30.2 Å². The maximum atomic E-state index is 12.4. The van der Waals surface area contributed by atoms with E-state index in [1.54, 1.807) is 19.9 Å². The highest BCUT2D eigenvalue weighted by Crippen LogP contribution is 2.31. The summed E-state index contributed by atoms with van der Waals surface area (Å²) in [6, 6.07) is 3.13. The average Bonchev–Trinajstić information content (AvgIpc) is 2.98. The van der Waals surface area contributed by atoms with Gasteiger partial charge >= 0.3 is 11.7 Å². The maximum absolute atomic E-state index is 12.4. The summed E-state index contributed by atoms with van der Waals surface area (Å²) >= 11 is 0. The predicted octanol–water partition coefficient (Wildman–Crippen LogP) is 3.63. The molecule has 0 bridgehead atoms. The fourth-order valence-electron chi connectivity index (χ4n) is 1.92. The van der Waals surface area contributed by atoms with Crippen LogP contribution in [0.3, 0.4) is 0 Å². The van der Waals surface area contributed by atoms with Crippen LogP contribution in [-0.4, -0.2) is 23.5 Å². The van der Waals surface area contributed by atoms with Gasteiger partial charge in [-0.25, -0.2) is 6.57 Å². The van der Waals surface area contributed by atoms with Crippen molar-refractivity contribution in [1.29, 1.82) is 5.26 Å². The number of nitriles is 1. The Kier molecular flexibility index (Phi) is 6.01. The van der Waals surface area contributed by atoms with E-state index in [0.717, 1.165) is 0 Å². The molecular weight excluding hydrogens is 323 g/mol. The normalized spacial score (nSPS) is 14.2. The van der Waals surface area contributed by atoms with E-state index in [1.807, 2.05) is 0 Å². The molecule has 0 aliphatic heterocycles. The Morgan fingerprint density at radius 3 is 2.58 bits per heavy atom. The van der Waals surface area contributed by atoms with Crippen LogP contribution in [0.5, 0.6) is 0 Å². The fourth-order valence-corrected chi connectivity index (χ4v) is 1.92. The third-order valence-corrected chi connectivity index (χ3v) is 3.39. The Bertz CT molecular complexity index is 673. The second-order valence-corrected chi connectivity index (χ2v) is 5.73. The van der Waals surface area contributed by atoms with E-state index in [9.17, 15) is 18.4 Å². The summed E-state index contributed by atoms with van der Waals surface area (Å²) in [5.41, 5.74) is -2.52. The van der Waals surface area contributed by atoms with Crippen molar-refractivity contribution in [3.05, 3.63) is 28.9 Å². The molecule has 0 aromatic carbocycles. The van der Waals surface area contributed by atoms with E-state index in [1.165, 1.54) is 6.07 Å². The zero-order chi connectivity index (χ0) is 18.4. The average molecular weight is 339 g/mol. The number of terminal acetylenes is 1. The summed E-state index contributed by atoms with van der Waals surface area (Å²) in [7, 11) is 0. The fraction of sp³-hybridized carbons (Fsp3) is 0.562. The Hall–Kier alpha value is -2.50. The molecule has 0 amide bonds. The lowest BCUT2D eigenvalue weighted by Crippen LogP contribution is -2.28. The molecule has 128 valence electrons. The van der Waals surface area contributed by atoms with Gasteiger partial charge < -0.3 is 9.26 Å². The largest absolute Gasteiger partial charge is 0.389 e. The second kappa shape index (κ2) is 7.38. The first-order valence-electron chi connectivity index (χ1n) is 6.97. The van der Waals surface area contributed by atoms with Crippen LogP contribution < -0.4 is 0 Å². The minimum absolute atomic E-state index is 0.0405. The Morgan fingerprint density at radius 1 is 1.42 bits per heavy atom. The Labute approximate surface area is 138 Å². The summed E-state index contributed by atoms with van der Waals surface area (Å²) in [4.78, 5) is 3.11. The lowest BCUT2D eigenvalue weighted by atomic mass is 9.90. The van der Waals surface area contributed by atoms with Gasteiger partial charge in [0.25, 0.3) is 0 Å². The molecule has 1 atom stereocenters. The van der Waals surface area contributed by atoms with Crippen molar-refractivity contribution >= 4 is 0 Å². The minimum Gasteiger partial charge on any atom is -0.358 e. The molecule has 0 aliphatic rings. The second-order valence-electron chi connectivity index (χ2n) is 5.73. The molecule has 5 nitrogen and oxygen atoms in total. The van der Waals surface area contributed by atoms with Crippen molar-refractivity contribution < 1.29 is 22.4 Å². The third kappa shape index (κ3) is 5.30. The zero-order valence-electron chi connectivity index (χ0n) is 13.3. The number of halogens is 3. The van der Waals surface area contributed by atoms with Crippen molar-refractivity contribution in [2.24, 2.45) is 0 Å². The van der Waals surface area contributed by atoms with Gasteiger partial charge in [-0.05, 0) is 13.8 Å². The number of alkyl halides is 3. The van der Waals surface area contributed by atoms with Crippen LogP contribution in [0.15, 0.2) is 10.6 Å². The van der Waals surface area contributed by atoms with Gasteiger partial charge in [0.05, 0.1) is 18.5 Å². The number of ether oxygens (including phenoxy) is 1. The van der Waals surface area contributed by atoms with Crippen LogP contribution >= 0.6 is 0 Å².